The Labute approximate surface area is 175 Å². The van der Waals surface area contributed by atoms with Gasteiger partial charge in [0.25, 0.3) is 0 Å². The van der Waals surface area contributed by atoms with Crippen LogP contribution in [0.15, 0.2) is 41.3 Å². The number of hydrogen-bond acceptors (Lipinski definition) is 5. The normalized spacial score (nSPS) is 16.7. The molecule has 4 rings (SSSR count). The topological polar surface area (TPSA) is 70.5 Å². The molecule has 0 saturated heterocycles. The van der Waals surface area contributed by atoms with E-state index in [1.54, 1.807) is 24.3 Å². The van der Waals surface area contributed by atoms with E-state index in [9.17, 15) is 27.2 Å². The van der Waals surface area contributed by atoms with Crippen LogP contribution in [-0.2, 0) is 22.3 Å². The van der Waals surface area contributed by atoms with Crippen molar-refractivity contribution in [3.63, 3.8) is 0 Å². The Hall–Kier alpha value is -2.66. The number of alkyl halides is 3. The lowest BCUT2D eigenvalue weighted by atomic mass is 10.2. The molecule has 3 aromatic rings. The number of thioether (sulfide) groups is 1. The van der Waals surface area contributed by atoms with Crippen LogP contribution < -0.4 is 4.90 Å². The zero-order valence-corrected chi connectivity index (χ0v) is 16.6. The summed E-state index contributed by atoms with van der Waals surface area (Å²) in [5.41, 5.74) is -0.733. The molecule has 1 N–H and O–H groups in total. The van der Waals surface area contributed by atoms with E-state index in [-0.39, 0.29) is 28.2 Å². The molecule has 11 heteroatoms. The van der Waals surface area contributed by atoms with Crippen LogP contribution in [0.3, 0.4) is 0 Å². The van der Waals surface area contributed by atoms with Gasteiger partial charge in [-0.1, -0.05) is 12.1 Å². The van der Waals surface area contributed by atoms with Gasteiger partial charge < -0.3 is 10.0 Å². The molecule has 0 bridgehead atoms. The third-order valence-corrected chi connectivity index (χ3v) is 6.75. The quantitative estimate of drug-likeness (QED) is 0.564. The number of thiazole rings is 1. The van der Waals surface area contributed by atoms with E-state index >= 15 is 0 Å². The SMILES string of the molecule is O=C(O)CC1Sc2ccccc2N(Cc2nc3cc(C(F)(F)F)cc(F)c3s2)C1=O. The minimum absolute atomic E-state index is 0.0350. The van der Waals surface area contributed by atoms with Crippen LogP contribution in [0, 0.1) is 5.82 Å². The molecule has 0 spiro atoms. The van der Waals surface area contributed by atoms with Gasteiger partial charge in [-0.05, 0) is 24.3 Å². The molecule has 1 amide bonds. The monoisotopic (exact) mass is 456 g/mol. The summed E-state index contributed by atoms with van der Waals surface area (Å²) in [6.45, 7) is -0.105. The molecule has 0 aliphatic carbocycles. The fourth-order valence-electron chi connectivity index (χ4n) is 3.13. The van der Waals surface area contributed by atoms with Crippen LogP contribution in [-0.4, -0.2) is 27.2 Å². The smallest absolute Gasteiger partial charge is 0.416 e. The number of benzene rings is 2. The lowest BCUT2D eigenvalue weighted by molar-refractivity contribution is -0.138. The summed E-state index contributed by atoms with van der Waals surface area (Å²) >= 11 is 2.00. The lowest BCUT2D eigenvalue weighted by Crippen LogP contribution is -2.41. The van der Waals surface area contributed by atoms with E-state index in [1.165, 1.54) is 4.90 Å². The molecule has 0 fully saturated rings. The van der Waals surface area contributed by atoms with Crippen LogP contribution >= 0.6 is 23.1 Å². The van der Waals surface area contributed by atoms with Gasteiger partial charge in [0, 0.05) is 4.90 Å². The van der Waals surface area contributed by atoms with Crippen LogP contribution in [0.2, 0.25) is 0 Å². The first-order chi connectivity index (χ1) is 14.1. The molecule has 2 heterocycles. The molecule has 0 saturated carbocycles. The summed E-state index contributed by atoms with van der Waals surface area (Å²) in [6, 6.07) is 8.10. The summed E-state index contributed by atoms with van der Waals surface area (Å²) in [4.78, 5) is 30.2. The Kier molecular flexibility index (Phi) is 5.18. The standard InChI is InChI=1S/C19H12F4N2O3S2/c20-10-5-9(19(21,22)23)6-11-17(10)30-15(24-11)8-25-12-3-1-2-4-13(12)29-14(18(25)28)7-16(26)27/h1-6,14H,7-8H2,(H,26,27). The van der Waals surface area contributed by atoms with Crippen molar-refractivity contribution < 1.29 is 32.3 Å². The first-order valence-corrected chi connectivity index (χ1v) is 10.3. The third-order valence-electron chi connectivity index (χ3n) is 4.44. The number of carboxylic acid groups (broad SMARTS) is 1. The van der Waals surface area contributed by atoms with Gasteiger partial charge in [0.1, 0.15) is 10.8 Å². The van der Waals surface area contributed by atoms with Crippen LogP contribution in [0.25, 0.3) is 10.2 Å². The van der Waals surface area contributed by atoms with E-state index in [2.05, 4.69) is 4.98 Å². The fourth-order valence-corrected chi connectivity index (χ4v) is 5.29. The number of anilines is 1. The zero-order chi connectivity index (χ0) is 21.6. The van der Waals surface area contributed by atoms with Crippen molar-refractivity contribution in [1.82, 2.24) is 4.98 Å². The Bertz CT molecular complexity index is 1160. The van der Waals surface area contributed by atoms with E-state index < -0.39 is 34.7 Å². The van der Waals surface area contributed by atoms with Crippen molar-refractivity contribution in [2.45, 2.75) is 29.3 Å². The second-order valence-electron chi connectivity index (χ2n) is 6.51. The molecule has 30 heavy (non-hydrogen) atoms. The van der Waals surface area contributed by atoms with Crippen LogP contribution in [0.5, 0.6) is 0 Å². The summed E-state index contributed by atoms with van der Waals surface area (Å²) in [7, 11) is 0. The maximum absolute atomic E-state index is 14.2. The molecule has 2 aromatic carbocycles. The highest BCUT2D eigenvalue weighted by Gasteiger charge is 2.36. The van der Waals surface area contributed by atoms with Gasteiger partial charge in [-0.25, -0.2) is 9.37 Å². The summed E-state index contributed by atoms with van der Waals surface area (Å²) in [5, 5.41) is 8.49. The molecule has 5 nitrogen and oxygen atoms in total. The van der Waals surface area contributed by atoms with Gasteiger partial charge in [-0.2, -0.15) is 13.2 Å². The molecule has 1 atom stereocenters. The zero-order valence-electron chi connectivity index (χ0n) is 14.9. The summed E-state index contributed by atoms with van der Waals surface area (Å²) in [6.07, 6.45) is -5.08. The first-order valence-electron chi connectivity index (χ1n) is 8.58. The van der Waals surface area contributed by atoms with Crippen molar-refractivity contribution in [2.24, 2.45) is 0 Å². The molecule has 1 aromatic heterocycles. The van der Waals surface area contributed by atoms with Gasteiger partial charge in [-0.3, -0.25) is 9.59 Å². The number of rotatable bonds is 4. The number of fused-ring (bicyclic) bond motifs is 2. The fraction of sp³-hybridized carbons (Fsp3) is 0.211. The van der Waals surface area contributed by atoms with E-state index in [0.717, 1.165) is 29.2 Å². The number of halogens is 4. The van der Waals surface area contributed by atoms with Crippen molar-refractivity contribution >= 4 is 50.9 Å². The first kappa shape index (κ1) is 20.6. The maximum Gasteiger partial charge on any atom is 0.416 e. The van der Waals surface area contributed by atoms with E-state index in [4.69, 9.17) is 5.11 Å². The molecule has 156 valence electrons. The average Bonchev–Trinajstić information content (AvgIpc) is 3.07. The van der Waals surface area contributed by atoms with Crippen molar-refractivity contribution in [3.8, 4) is 0 Å². The van der Waals surface area contributed by atoms with Crippen molar-refractivity contribution in [1.29, 1.82) is 0 Å². The van der Waals surface area contributed by atoms with Crippen molar-refractivity contribution in [3.05, 3.63) is 52.8 Å². The number of carboxylic acids is 1. The number of nitrogens with zero attached hydrogens (tertiary/aromatic N) is 2. The number of para-hydroxylation sites is 1. The number of amides is 1. The number of carbonyl (C=O) groups excluding carboxylic acids is 1. The maximum atomic E-state index is 14.2. The third kappa shape index (κ3) is 3.86. The number of aliphatic carboxylic acids is 1. The predicted molar refractivity (Wildman–Crippen MR) is 104 cm³/mol. The second-order valence-corrected chi connectivity index (χ2v) is 8.84. The van der Waals surface area contributed by atoms with E-state index in [0.29, 0.717) is 16.6 Å². The van der Waals surface area contributed by atoms with Crippen LogP contribution in [0.1, 0.15) is 17.0 Å². The lowest BCUT2D eigenvalue weighted by Gasteiger charge is -2.32. The highest BCUT2D eigenvalue weighted by molar-refractivity contribution is 8.01. The Morgan fingerprint density at radius 1 is 1.23 bits per heavy atom. The minimum atomic E-state index is -4.71. The Balaban J connectivity index is 1.72. The molecule has 1 unspecified atom stereocenters. The number of aromatic nitrogens is 1. The molecular formula is C19H12F4N2O3S2. The Morgan fingerprint density at radius 3 is 2.67 bits per heavy atom. The van der Waals surface area contributed by atoms with Crippen molar-refractivity contribution in [2.75, 3.05) is 4.90 Å². The van der Waals surface area contributed by atoms with Gasteiger partial charge in [-0.15, -0.1) is 23.1 Å². The molecule has 1 aliphatic heterocycles. The minimum Gasteiger partial charge on any atom is -0.481 e. The molecule has 1 aliphatic rings. The van der Waals surface area contributed by atoms with Gasteiger partial charge in [0.2, 0.25) is 5.91 Å². The molecular weight excluding hydrogens is 444 g/mol. The molecule has 0 radical (unpaired) electrons. The van der Waals surface area contributed by atoms with E-state index in [1.807, 2.05) is 0 Å². The van der Waals surface area contributed by atoms with Gasteiger partial charge in [0.15, 0.2) is 0 Å². The summed E-state index contributed by atoms with van der Waals surface area (Å²) in [5.74, 6) is -2.60. The number of carbonyl (C=O) groups is 2. The van der Waals surface area contributed by atoms with Gasteiger partial charge in [0.05, 0.1) is 39.7 Å². The largest absolute Gasteiger partial charge is 0.481 e. The summed E-state index contributed by atoms with van der Waals surface area (Å²) < 4.78 is 53.0. The average molecular weight is 456 g/mol. The van der Waals surface area contributed by atoms with Crippen LogP contribution in [0.4, 0.5) is 23.2 Å². The highest BCUT2D eigenvalue weighted by atomic mass is 32.2. The second kappa shape index (κ2) is 7.55. The number of hydrogen-bond donors (Lipinski definition) is 1. The highest BCUT2D eigenvalue weighted by Crippen LogP contribution is 2.41. The predicted octanol–water partition coefficient (Wildman–Crippen LogP) is 4.94. The van der Waals surface area contributed by atoms with Gasteiger partial charge >= 0.3 is 12.1 Å². The Morgan fingerprint density at radius 2 is 1.97 bits per heavy atom.